The lowest BCUT2D eigenvalue weighted by molar-refractivity contribution is 0.166. The van der Waals surface area contributed by atoms with E-state index in [1.807, 2.05) is 6.20 Å². The monoisotopic (exact) mass is 420 g/mol. The highest BCUT2D eigenvalue weighted by molar-refractivity contribution is 7.13. The first-order chi connectivity index (χ1) is 14.8. The first kappa shape index (κ1) is 18.5. The van der Waals surface area contributed by atoms with Gasteiger partial charge in [-0.1, -0.05) is 13.0 Å². The molecule has 0 amide bonds. The van der Waals surface area contributed by atoms with Crippen molar-refractivity contribution in [3.05, 3.63) is 46.7 Å². The number of aromatic nitrogens is 4. The Kier molecular flexibility index (Phi) is 4.61. The fraction of sp³-hybridized carbons (Fsp3) is 0.522. The van der Waals surface area contributed by atoms with E-state index in [0.717, 1.165) is 37.9 Å². The Morgan fingerprint density at radius 3 is 3.07 bits per heavy atom. The number of hydrogen-bond acceptors (Lipinski definition) is 6. The molecular formula is C23H28N6S. The molecule has 3 unspecified atom stereocenters. The summed E-state index contributed by atoms with van der Waals surface area (Å²) >= 11 is 1.76. The Bertz CT molecular complexity index is 1030. The van der Waals surface area contributed by atoms with E-state index >= 15 is 0 Å². The Morgan fingerprint density at radius 1 is 1.23 bits per heavy atom. The molecule has 156 valence electrons. The predicted molar refractivity (Wildman–Crippen MR) is 120 cm³/mol. The van der Waals surface area contributed by atoms with Gasteiger partial charge in [-0.2, -0.15) is 5.10 Å². The molecule has 6 nitrogen and oxygen atoms in total. The maximum Gasteiger partial charge on any atom is 0.225 e. The van der Waals surface area contributed by atoms with Crippen LogP contribution < -0.4 is 4.90 Å². The Hall–Kier alpha value is -2.25. The topological polar surface area (TPSA) is 60.9 Å². The number of nitrogens with one attached hydrogen (secondary N) is 1. The summed E-state index contributed by atoms with van der Waals surface area (Å²) in [7, 11) is 0. The second kappa shape index (κ2) is 7.46. The summed E-state index contributed by atoms with van der Waals surface area (Å²) in [5.41, 5.74) is 5.09. The normalized spacial score (nSPS) is 26.2. The molecule has 0 aliphatic carbocycles. The van der Waals surface area contributed by atoms with Crippen LogP contribution in [-0.4, -0.2) is 44.2 Å². The summed E-state index contributed by atoms with van der Waals surface area (Å²) in [5, 5.41) is 9.69. The molecule has 1 N–H and O–H groups in total. The standard InChI is InChI=1S/C23H28N6S/c1-15-4-2-8-28(13-15)23-24-12-18-19(26-23)10-17-6-7-20(18)29(17)14-16-11-25-27-22(16)21-5-3-9-30-21/h3,5,9,11-12,15,17,20H,2,4,6-8,10,13-14H2,1H3,(H,25,27). The van der Waals surface area contributed by atoms with E-state index in [1.165, 1.54) is 53.1 Å². The SMILES string of the molecule is CC1CCCN(c2ncc3c(n2)CC2CCC3N2Cc2cn[nH]c2-c2cccs2)C1. The number of hydrogen-bond donors (Lipinski definition) is 1. The summed E-state index contributed by atoms with van der Waals surface area (Å²) in [4.78, 5) is 16.2. The van der Waals surface area contributed by atoms with Crippen LogP contribution in [0.15, 0.2) is 29.9 Å². The summed E-state index contributed by atoms with van der Waals surface area (Å²) in [6.45, 7) is 5.45. The van der Waals surface area contributed by atoms with E-state index in [0.29, 0.717) is 12.1 Å². The maximum absolute atomic E-state index is 5.07. The van der Waals surface area contributed by atoms with Crippen molar-refractivity contribution in [3.8, 4) is 10.6 Å². The second-order valence-corrected chi connectivity index (χ2v) is 10.1. The van der Waals surface area contributed by atoms with Crippen molar-refractivity contribution in [2.45, 2.75) is 57.7 Å². The van der Waals surface area contributed by atoms with Crippen molar-refractivity contribution in [1.29, 1.82) is 0 Å². The molecule has 2 fully saturated rings. The van der Waals surface area contributed by atoms with Gasteiger partial charge in [-0.3, -0.25) is 10.00 Å². The van der Waals surface area contributed by atoms with Gasteiger partial charge in [-0.05, 0) is 43.0 Å². The molecule has 6 rings (SSSR count). The molecular weight excluding hydrogens is 392 g/mol. The van der Waals surface area contributed by atoms with Gasteiger partial charge < -0.3 is 4.90 Å². The van der Waals surface area contributed by atoms with E-state index < -0.39 is 0 Å². The summed E-state index contributed by atoms with van der Waals surface area (Å²) < 4.78 is 0. The van der Waals surface area contributed by atoms with E-state index in [9.17, 15) is 0 Å². The average molecular weight is 421 g/mol. The Labute approximate surface area is 181 Å². The van der Waals surface area contributed by atoms with Gasteiger partial charge in [0.15, 0.2) is 0 Å². The lowest BCUT2D eigenvalue weighted by Gasteiger charge is -2.36. The zero-order valence-corrected chi connectivity index (χ0v) is 18.2. The number of H-pyrrole nitrogens is 1. The van der Waals surface area contributed by atoms with Crippen LogP contribution >= 0.6 is 11.3 Å². The van der Waals surface area contributed by atoms with Gasteiger partial charge in [0.05, 0.1) is 22.5 Å². The third-order valence-electron chi connectivity index (χ3n) is 7.10. The van der Waals surface area contributed by atoms with E-state index in [4.69, 9.17) is 9.97 Å². The fourth-order valence-electron chi connectivity index (χ4n) is 5.60. The number of fused-ring (bicyclic) bond motifs is 4. The van der Waals surface area contributed by atoms with Gasteiger partial charge >= 0.3 is 0 Å². The zero-order chi connectivity index (χ0) is 20.1. The molecule has 0 aromatic carbocycles. The lowest BCUT2D eigenvalue weighted by atomic mass is 9.98. The maximum atomic E-state index is 5.07. The fourth-order valence-corrected chi connectivity index (χ4v) is 6.35. The van der Waals surface area contributed by atoms with Crippen LogP contribution in [-0.2, 0) is 13.0 Å². The number of anilines is 1. The van der Waals surface area contributed by atoms with Crippen molar-refractivity contribution in [2.24, 2.45) is 5.92 Å². The molecule has 0 saturated carbocycles. The average Bonchev–Trinajstić information content (AvgIpc) is 3.49. The molecule has 6 heterocycles. The summed E-state index contributed by atoms with van der Waals surface area (Å²) in [6.07, 6.45) is 10.2. The highest BCUT2D eigenvalue weighted by Gasteiger charge is 2.41. The van der Waals surface area contributed by atoms with Crippen molar-refractivity contribution >= 4 is 17.3 Å². The predicted octanol–water partition coefficient (Wildman–Crippen LogP) is 4.43. The van der Waals surface area contributed by atoms with Gasteiger partial charge in [-0.15, -0.1) is 11.3 Å². The van der Waals surface area contributed by atoms with Crippen molar-refractivity contribution < 1.29 is 0 Å². The van der Waals surface area contributed by atoms with Crippen LogP contribution in [0.3, 0.4) is 0 Å². The molecule has 7 heteroatoms. The molecule has 3 aliphatic heterocycles. The Balaban J connectivity index is 1.26. The van der Waals surface area contributed by atoms with Gasteiger partial charge in [0.1, 0.15) is 0 Å². The van der Waals surface area contributed by atoms with Gasteiger partial charge in [-0.25, -0.2) is 9.97 Å². The van der Waals surface area contributed by atoms with Gasteiger partial charge in [0.25, 0.3) is 0 Å². The first-order valence-corrected chi connectivity index (χ1v) is 12.1. The molecule has 0 spiro atoms. The molecule has 2 saturated heterocycles. The molecule has 3 aromatic heterocycles. The third-order valence-corrected chi connectivity index (χ3v) is 7.98. The molecule has 3 aromatic rings. The van der Waals surface area contributed by atoms with Crippen LogP contribution in [0.5, 0.6) is 0 Å². The molecule has 2 bridgehead atoms. The van der Waals surface area contributed by atoms with Gasteiger partial charge in [0, 0.05) is 55.5 Å². The third kappa shape index (κ3) is 3.15. The largest absolute Gasteiger partial charge is 0.341 e. The van der Waals surface area contributed by atoms with Crippen LogP contribution in [0.25, 0.3) is 10.6 Å². The van der Waals surface area contributed by atoms with Crippen LogP contribution in [0.2, 0.25) is 0 Å². The van der Waals surface area contributed by atoms with Crippen LogP contribution in [0.1, 0.15) is 55.5 Å². The van der Waals surface area contributed by atoms with E-state index in [-0.39, 0.29) is 0 Å². The first-order valence-electron chi connectivity index (χ1n) is 11.2. The van der Waals surface area contributed by atoms with Crippen LogP contribution in [0, 0.1) is 5.92 Å². The van der Waals surface area contributed by atoms with Gasteiger partial charge in [0.2, 0.25) is 5.95 Å². The molecule has 0 radical (unpaired) electrons. The molecule has 3 atom stereocenters. The minimum absolute atomic E-state index is 0.430. The number of thiophene rings is 1. The summed E-state index contributed by atoms with van der Waals surface area (Å²) in [5.74, 6) is 1.68. The highest BCUT2D eigenvalue weighted by atomic mass is 32.1. The zero-order valence-electron chi connectivity index (χ0n) is 17.4. The number of rotatable bonds is 4. The van der Waals surface area contributed by atoms with Crippen molar-refractivity contribution in [1.82, 2.24) is 25.1 Å². The minimum atomic E-state index is 0.430. The van der Waals surface area contributed by atoms with E-state index in [2.05, 4.69) is 50.6 Å². The van der Waals surface area contributed by atoms with Crippen molar-refractivity contribution in [3.63, 3.8) is 0 Å². The molecule has 30 heavy (non-hydrogen) atoms. The Morgan fingerprint density at radius 2 is 2.20 bits per heavy atom. The van der Waals surface area contributed by atoms with Crippen molar-refractivity contribution in [2.75, 3.05) is 18.0 Å². The lowest BCUT2D eigenvalue weighted by Crippen LogP contribution is -2.39. The minimum Gasteiger partial charge on any atom is -0.341 e. The summed E-state index contributed by atoms with van der Waals surface area (Å²) in [6, 6.07) is 5.26. The number of aromatic amines is 1. The highest BCUT2D eigenvalue weighted by Crippen LogP contribution is 2.44. The quantitative estimate of drug-likeness (QED) is 0.677. The number of nitrogens with zero attached hydrogens (tertiary/aromatic N) is 5. The second-order valence-electron chi connectivity index (χ2n) is 9.14. The molecule has 3 aliphatic rings. The number of piperidine rings is 1. The van der Waals surface area contributed by atoms with Crippen LogP contribution in [0.4, 0.5) is 5.95 Å². The smallest absolute Gasteiger partial charge is 0.225 e. The van der Waals surface area contributed by atoms with E-state index in [1.54, 1.807) is 11.3 Å².